The molecule has 6 nitrogen and oxygen atoms in total. The number of amides is 1. The van der Waals surface area contributed by atoms with Gasteiger partial charge in [0.05, 0.1) is 5.52 Å². The number of rotatable bonds is 1. The summed E-state index contributed by atoms with van der Waals surface area (Å²) in [5.41, 5.74) is 6.45. The molecule has 3 N–H and O–H groups in total. The molecule has 1 amide bonds. The number of nitrogens with zero attached hydrogens (tertiary/aromatic N) is 2. The molecular weight excluding hydrogens is 210 g/mol. The molecule has 0 saturated heterocycles. The number of hydrogen-bond donors (Lipinski definition) is 2. The lowest BCUT2D eigenvalue weighted by molar-refractivity contribution is 0.0699. The van der Waals surface area contributed by atoms with E-state index < -0.39 is 12.0 Å². The molecule has 0 atom stereocenters. The summed E-state index contributed by atoms with van der Waals surface area (Å²) in [4.78, 5) is 26.1. The summed E-state index contributed by atoms with van der Waals surface area (Å²) in [6, 6.07) is 2.57. The van der Waals surface area contributed by atoms with Gasteiger partial charge in [0.1, 0.15) is 11.1 Å². The van der Waals surface area contributed by atoms with Crippen molar-refractivity contribution in [3.8, 4) is 0 Å². The zero-order valence-corrected chi connectivity index (χ0v) is 8.47. The van der Waals surface area contributed by atoms with Crippen molar-refractivity contribution in [3.05, 3.63) is 29.6 Å². The summed E-state index contributed by atoms with van der Waals surface area (Å²) in [5.74, 6) is -1.14. The molecule has 0 saturated carbocycles. The zero-order chi connectivity index (χ0) is 11.9. The number of carbonyl (C=O) groups excluding carboxylic acids is 1. The third-order valence-corrected chi connectivity index (χ3v) is 2.25. The molecule has 0 aromatic carbocycles. The minimum absolute atomic E-state index is 0.0301. The maximum atomic E-state index is 11.1. The fraction of sp³-hybridized carbons (Fsp3) is 0.100. The number of pyridine rings is 1. The highest BCUT2D eigenvalue weighted by Gasteiger charge is 2.17. The second-order valence-electron chi connectivity index (χ2n) is 3.38. The van der Waals surface area contributed by atoms with Crippen LogP contribution in [0.2, 0.25) is 0 Å². The standard InChI is InChI=1S/C10H9N3O3/c1-5-2-3-7-8(12-5)6(9(14)15)4-13(7)10(11)16/h2-4H,1H3,(H2,11,16)(H,14,15). The van der Waals surface area contributed by atoms with E-state index >= 15 is 0 Å². The van der Waals surface area contributed by atoms with Crippen LogP contribution in [0, 0.1) is 6.92 Å². The van der Waals surface area contributed by atoms with Crippen molar-refractivity contribution in [1.82, 2.24) is 9.55 Å². The molecular formula is C10H9N3O3. The van der Waals surface area contributed by atoms with E-state index in [0.717, 1.165) is 4.57 Å². The van der Waals surface area contributed by atoms with Crippen molar-refractivity contribution < 1.29 is 14.7 Å². The van der Waals surface area contributed by atoms with Crippen molar-refractivity contribution >= 4 is 23.0 Å². The van der Waals surface area contributed by atoms with Crippen LogP contribution in [0.3, 0.4) is 0 Å². The Bertz CT molecular complexity index is 601. The number of carboxylic acids is 1. The topological polar surface area (TPSA) is 98.2 Å². The first-order valence-electron chi connectivity index (χ1n) is 4.52. The molecule has 82 valence electrons. The number of primary amides is 1. The van der Waals surface area contributed by atoms with Crippen LogP contribution in [-0.2, 0) is 0 Å². The van der Waals surface area contributed by atoms with Crippen molar-refractivity contribution in [2.75, 3.05) is 0 Å². The predicted molar refractivity (Wildman–Crippen MR) is 56.4 cm³/mol. The van der Waals surface area contributed by atoms with E-state index in [9.17, 15) is 9.59 Å². The highest BCUT2D eigenvalue weighted by molar-refractivity contribution is 6.04. The molecule has 0 fully saturated rings. The number of carboxylic acid groups (broad SMARTS) is 1. The van der Waals surface area contributed by atoms with E-state index in [1.54, 1.807) is 19.1 Å². The monoisotopic (exact) mass is 219 g/mol. The van der Waals surface area contributed by atoms with Gasteiger partial charge >= 0.3 is 12.0 Å². The maximum absolute atomic E-state index is 11.1. The minimum Gasteiger partial charge on any atom is -0.478 e. The maximum Gasteiger partial charge on any atom is 0.339 e. The molecule has 2 aromatic heterocycles. The number of carbonyl (C=O) groups is 2. The van der Waals surface area contributed by atoms with Crippen LogP contribution in [0.4, 0.5) is 4.79 Å². The summed E-state index contributed by atoms with van der Waals surface area (Å²) in [5, 5.41) is 8.96. The molecule has 0 bridgehead atoms. The molecule has 0 aliphatic heterocycles. The SMILES string of the molecule is Cc1ccc2c(n1)c(C(=O)O)cn2C(N)=O. The average Bonchev–Trinajstić information content (AvgIpc) is 2.56. The first-order valence-corrected chi connectivity index (χ1v) is 4.52. The first kappa shape index (κ1) is 10.2. The van der Waals surface area contributed by atoms with E-state index in [4.69, 9.17) is 10.8 Å². The van der Waals surface area contributed by atoms with E-state index in [0.29, 0.717) is 11.2 Å². The molecule has 16 heavy (non-hydrogen) atoms. The number of aryl methyl sites for hydroxylation is 1. The highest BCUT2D eigenvalue weighted by Crippen LogP contribution is 2.19. The fourth-order valence-corrected chi connectivity index (χ4v) is 1.54. The first-order chi connectivity index (χ1) is 7.50. The van der Waals surface area contributed by atoms with Crippen LogP contribution in [-0.4, -0.2) is 26.7 Å². The van der Waals surface area contributed by atoms with Gasteiger partial charge in [0, 0.05) is 11.9 Å². The fourth-order valence-electron chi connectivity index (χ4n) is 1.54. The predicted octanol–water partition coefficient (Wildman–Crippen LogP) is 0.970. The van der Waals surface area contributed by atoms with Gasteiger partial charge in [0.25, 0.3) is 0 Å². The Morgan fingerprint density at radius 3 is 2.69 bits per heavy atom. The van der Waals surface area contributed by atoms with Crippen molar-refractivity contribution in [1.29, 1.82) is 0 Å². The molecule has 0 aliphatic carbocycles. The van der Waals surface area contributed by atoms with E-state index in [1.807, 2.05) is 0 Å². The van der Waals surface area contributed by atoms with Gasteiger partial charge in [-0.2, -0.15) is 0 Å². The van der Waals surface area contributed by atoms with Gasteiger partial charge in [-0.15, -0.1) is 0 Å². The Balaban J connectivity index is 2.87. The van der Waals surface area contributed by atoms with Gasteiger partial charge in [-0.05, 0) is 19.1 Å². The van der Waals surface area contributed by atoms with Crippen LogP contribution >= 0.6 is 0 Å². The third-order valence-electron chi connectivity index (χ3n) is 2.25. The van der Waals surface area contributed by atoms with E-state index in [-0.39, 0.29) is 11.1 Å². The Labute approximate surface area is 90.3 Å². The van der Waals surface area contributed by atoms with Gasteiger partial charge in [-0.1, -0.05) is 0 Å². The summed E-state index contributed by atoms with van der Waals surface area (Å²) in [7, 11) is 0. The second-order valence-corrected chi connectivity index (χ2v) is 3.38. The largest absolute Gasteiger partial charge is 0.478 e. The lowest BCUT2D eigenvalue weighted by Gasteiger charge is -1.98. The Morgan fingerprint density at radius 1 is 1.44 bits per heavy atom. The van der Waals surface area contributed by atoms with Crippen molar-refractivity contribution in [3.63, 3.8) is 0 Å². The summed E-state index contributed by atoms with van der Waals surface area (Å²) in [6.45, 7) is 1.74. The third kappa shape index (κ3) is 1.40. The molecule has 0 spiro atoms. The molecule has 6 heteroatoms. The second kappa shape index (κ2) is 3.34. The smallest absolute Gasteiger partial charge is 0.339 e. The lowest BCUT2D eigenvalue weighted by Crippen LogP contribution is -2.18. The van der Waals surface area contributed by atoms with Crippen LogP contribution in [0.15, 0.2) is 18.3 Å². The zero-order valence-electron chi connectivity index (χ0n) is 8.47. The van der Waals surface area contributed by atoms with E-state index in [1.165, 1.54) is 6.20 Å². The summed E-state index contributed by atoms with van der Waals surface area (Å²) >= 11 is 0. The van der Waals surface area contributed by atoms with Gasteiger partial charge in [-0.25, -0.2) is 9.59 Å². The Kier molecular flexibility index (Phi) is 2.12. The molecule has 2 heterocycles. The van der Waals surface area contributed by atoms with Crippen molar-refractivity contribution in [2.45, 2.75) is 6.92 Å². The van der Waals surface area contributed by atoms with Crippen LogP contribution in [0.5, 0.6) is 0 Å². The number of hydrogen-bond acceptors (Lipinski definition) is 3. The highest BCUT2D eigenvalue weighted by atomic mass is 16.4. The van der Waals surface area contributed by atoms with Crippen molar-refractivity contribution in [2.24, 2.45) is 5.73 Å². The number of fused-ring (bicyclic) bond motifs is 1. The van der Waals surface area contributed by atoms with Crippen LogP contribution in [0.1, 0.15) is 16.1 Å². The van der Waals surface area contributed by atoms with Crippen LogP contribution < -0.4 is 5.73 Å². The molecule has 0 aliphatic rings. The van der Waals surface area contributed by atoms with Gasteiger partial charge in [0.2, 0.25) is 0 Å². The molecule has 0 radical (unpaired) electrons. The Hall–Kier alpha value is -2.37. The summed E-state index contributed by atoms with van der Waals surface area (Å²) in [6.07, 6.45) is 1.18. The number of aromatic nitrogens is 2. The number of nitrogens with two attached hydrogens (primary N) is 1. The van der Waals surface area contributed by atoms with Gasteiger partial charge in [0.15, 0.2) is 0 Å². The molecule has 2 aromatic rings. The minimum atomic E-state index is -1.14. The normalized spacial score (nSPS) is 10.6. The quantitative estimate of drug-likeness (QED) is 0.746. The van der Waals surface area contributed by atoms with Gasteiger partial charge < -0.3 is 10.8 Å². The molecule has 2 rings (SSSR count). The lowest BCUT2D eigenvalue weighted by atomic mass is 10.2. The average molecular weight is 219 g/mol. The van der Waals surface area contributed by atoms with Crippen LogP contribution in [0.25, 0.3) is 11.0 Å². The number of aromatic carboxylic acids is 1. The molecule has 0 unspecified atom stereocenters. The summed E-state index contributed by atoms with van der Waals surface area (Å²) < 4.78 is 1.07. The Morgan fingerprint density at radius 2 is 2.12 bits per heavy atom. The van der Waals surface area contributed by atoms with E-state index in [2.05, 4.69) is 4.98 Å². The van der Waals surface area contributed by atoms with Gasteiger partial charge in [-0.3, -0.25) is 9.55 Å².